The van der Waals surface area contributed by atoms with Crippen molar-refractivity contribution in [2.45, 2.75) is 0 Å². The lowest BCUT2D eigenvalue weighted by Gasteiger charge is -2.31. The smallest absolute Gasteiger partial charge is 0.204 e. The Morgan fingerprint density at radius 1 is 1.15 bits per heavy atom. The van der Waals surface area contributed by atoms with E-state index in [1.807, 2.05) is 17.6 Å². The number of nitrogens with zero attached hydrogens (tertiary/aromatic N) is 4. The van der Waals surface area contributed by atoms with Crippen LogP contribution in [-0.2, 0) is 0 Å². The molecule has 3 N–H and O–H groups in total. The van der Waals surface area contributed by atoms with Crippen molar-refractivity contribution in [2.24, 2.45) is 0 Å². The molecule has 5 rings (SSSR count). The standard InChI is InChI=1S/C23H23F2N7S/c1-15(29-20-12-27-5-4-22(20)31-8-6-26-7-9-31)21-14-33-23(30-21)32-13-17(11-28-32)16-2-3-18(24)19(25)10-16/h2-5,10,12-14,26,28-29H,1,6-9,11H2. The monoisotopic (exact) mass is 467 g/mol. The van der Waals surface area contributed by atoms with E-state index in [9.17, 15) is 8.78 Å². The van der Waals surface area contributed by atoms with Crippen molar-refractivity contribution in [3.05, 3.63) is 77.7 Å². The van der Waals surface area contributed by atoms with Crippen LogP contribution in [-0.4, -0.2) is 42.7 Å². The Bertz CT molecular complexity index is 1200. The van der Waals surface area contributed by atoms with Crippen molar-refractivity contribution in [3.63, 3.8) is 0 Å². The summed E-state index contributed by atoms with van der Waals surface area (Å²) in [6.07, 6.45) is 5.44. The molecule has 3 aromatic rings. The molecule has 33 heavy (non-hydrogen) atoms. The third-order valence-corrected chi connectivity index (χ3v) is 6.40. The summed E-state index contributed by atoms with van der Waals surface area (Å²) in [5, 5.41) is 11.2. The minimum Gasteiger partial charge on any atom is -0.367 e. The predicted octanol–water partition coefficient (Wildman–Crippen LogP) is 3.67. The first-order valence-corrected chi connectivity index (χ1v) is 11.5. The number of halogens is 2. The van der Waals surface area contributed by atoms with Crippen molar-refractivity contribution in [1.29, 1.82) is 0 Å². The van der Waals surface area contributed by atoms with Gasteiger partial charge in [-0.15, -0.1) is 11.3 Å². The van der Waals surface area contributed by atoms with E-state index in [1.165, 1.54) is 17.4 Å². The second kappa shape index (κ2) is 9.26. The number of hydrazine groups is 1. The topological polar surface area (TPSA) is 68.4 Å². The number of hydrogen-bond donors (Lipinski definition) is 3. The molecule has 10 heteroatoms. The second-order valence-electron chi connectivity index (χ2n) is 7.74. The number of benzene rings is 1. The summed E-state index contributed by atoms with van der Waals surface area (Å²) < 4.78 is 26.8. The van der Waals surface area contributed by atoms with Gasteiger partial charge in [-0.05, 0) is 29.3 Å². The molecule has 4 heterocycles. The highest BCUT2D eigenvalue weighted by Gasteiger charge is 2.20. The summed E-state index contributed by atoms with van der Waals surface area (Å²) in [4.78, 5) is 11.3. The molecule has 7 nitrogen and oxygen atoms in total. The molecule has 1 fully saturated rings. The van der Waals surface area contributed by atoms with Gasteiger partial charge in [0.2, 0.25) is 5.13 Å². The molecule has 0 amide bonds. The Morgan fingerprint density at radius 2 is 2.00 bits per heavy atom. The van der Waals surface area contributed by atoms with Crippen LogP contribution in [0.25, 0.3) is 11.3 Å². The Morgan fingerprint density at radius 3 is 2.82 bits per heavy atom. The normalized spacial score (nSPS) is 16.1. The van der Waals surface area contributed by atoms with Gasteiger partial charge in [0.05, 0.1) is 29.0 Å². The lowest BCUT2D eigenvalue weighted by Crippen LogP contribution is -2.43. The molecule has 2 aliphatic heterocycles. The fraction of sp³-hybridized carbons (Fsp3) is 0.217. The molecule has 1 aromatic carbocycles. The van der Waals surface area contributed by atoms with Crippen LogP contribution in [0.4, 0.5) is 25.3 Å². The van der Waals surface area contributed by atoms with Crippen molar-refractivity contribution in [2.75, 3.05) is 47.9 Å². The van der Waals surface area contributed by atoms with Gasteiger partial charge >= 0.3 is 0 Å². The first-order chi connectivity index (χ1) is 16.1. The van der Waals surface area contributed by atoms with E-state index >= 15 is 0 Å². The van der Waals surface area contributed by atoms with E-state index in [-0.39, 0.29) is 0 Å². The molecule has 2 aliphatic rings. The molecular weight excluding hydrogens is 444 g/mol. The minimum absolute atomic E-state index is 0.489. The molecule has 0 aliphatic carbocycles. The molecule has 2 aromatic heterocycles. The van der Waals surface area contributed by atoms with E-state index in [4.69, 9.17) is 0 Å². The maximum Gasteiger partial charge on any atom is 0.204 e. The van der Waals surface area contributed by atoms with Gasteiger partial charge in [0.15, 0.2) is 11.6 Å². The average molecular weight is 468 g/mol. The SMILES string of the molecule is C=C(Nc1cnccc1N1CCNCC1)c1csc(N2C=C(c3ccc(F)c(F)c3)CN2)n1. The van der Waals surface area contributed by atoms with Crippen LogP contribution >= 0.6 is 11.3 Å². The van der Waals surface area contributed by atoms with Crippen molar-refractivity contribution < 1.29 is 8.78 Å². The molecule has 0 bridgehead atoms. The van der Waals surface area contributed by atoms with Crippen LogP contribution in [0.5, 0.6) is 0 Å². The van der Waals surface area contributed by atoms with Crippen molar-refractivity contribution in [3.8, 4) is 0 Å². The first-order valence-electron chi connectivity index (χ1n) is 10.6. The Kier molecular flexibility index (Phi) is 6.03. The third kappa shape index (κ3) is 4.58. The van der Waals surface area contributed by atoms with Gasteiger partial charge < -0.3 is 15.5 Å². The Balaban J connectivity index is 1.30. The summed E-state index contributed by atoms with van der Waals surface area (Å²) in [5.74, 6) is -1.71. The first kappa shape index (κ1) is 21.5. The van der Waals surface area contributed by atoms with Gasteiger partial charge in [-0.25, -0.2) is 19.2 Å². The highest BCUT2D eigenvalue weighted by molar-refractivity contribution is 7.13. The zero-order valence-electron chi connectivity index (χ0n) is 17.8. The molecule has 1 saturated heterocycles. The predicted molar refractivity (Wildman–Crippen MR) is 129 cm³/mol. The second-order valence-corrected chi connectivity index (χ2v) is 8.57. The largest absolute Gasteiger partial charge is 0.367 e. The molecule has 0 radical (unpaired) electrons. The van der Waals surface area contributed by atoms with Crippen molar-refractivity contribution in [1.82, 2.24) is 20.7 Å². The summed E-state index contributed by atoms with van der Waals surface area (Å²) in [6.45, 7) is 8.41. The maximum atomic E-state index is 13.6. The van der Waals surface area contributed by atoms with Gasteiger partial charge in [-0.3, -0.25) is 9.99 Å². The third-order valence-electron chi connectivity index (χ3n) is 5.56. The van der Waals surface area contributed by atoms with Gasteiger partial charge in [0.25, 0.3) is 0 Å². The average Bonchev–Trinajstić information content (AvgIpc) is 3.52. The van der Waals surface area contributed by atoms with Crippen LogP contribution in [0, 0.1) is 11.6 Å². The molecule has 0 spiro atoms. The molecule has 170 valence electrons. The molecule has 0 saturated carbocycles. The Labute approximate surface area is 194 Å². The summed E-state index contributed by atoms with van der Waals surface area (Å²) in [7, 11) is 0. The molecule has 0 atom stereocenters. The van der Waals surface area contributed by atoms with E-state index in [0.29, 0.717) is 17.8 Å². The van der Waals surface area contributed by atoms with Crippen LogP contribution < -0.4 is 26.0 Å². The van der Waals surface area contributed by atoms with Crippen LogP contribution in [0.2, 0.25) is 0 Å². The number of aromatic nitrogens is 2. The summed E-state index contributed by atoms with van der Waals surface area (Å²) in [5.41, 5.74) is 8.05. The number of hydrogen-bond acceptors (Lipinski definition) is 8. The number of pyridine rings is 1. The van der Waals surface area contributed by atoms with E-state index in [2.05, 4.69) is 37.5 Å². The highest BCUT2D eigenvalue weighted by atomic mass is 32.1. The van der Waals surface area contributed by atoms with Crippen LogP contribution in [0.15, 0.2) is 54.8 Å². The van der Waals surface area contributed by atoms with Gasteiger partial charge in [-0.2, -0.15) is 0 Å². The summed E-state index contributed by atoms with van der Waals surface area (Å²) >= 11 is 1.46. The van der Waals surface area contributed by atoms with Crippen molar-refractivity contribution >= 4 is 39.1 Å². The lowest BCUT2D eigenvalue weighted by molar-refractivity contribution is 0.508. The summed E-state index contributed by atoms with van der Waals surface area (Å²) in [6, 6.07) is 5.91. The Hall–Kier alpha value is -3.34. The number of anilines is 3. The van der Waals surface area contributed by atoms with Gasteiger partial charge in [0.1, 0.15) is 0 Å². The van der Waals surface area contributed by atoms with Crippen LogP contribution in [0.3, 0.4) is 0 Å². The minimum atomic E-state index is -0.860. The van der Waals surface area contributed by atoms with E-state index in [0.717, 1.165) is 60.0 Å². The number of piperazine rings is 1. The maximum absolute atomic E-state index is 13.6. The van der Waals surface area contributed by atoms with Crippen LogP contribution in [0.1, 0.15) is 11.3 Å². The quantitative estimate of drug-likeness (QED) is 0.511. The number of rotatable bonds is 6. The highest BCUT2D eigenvalue weighted by Crippen LogP contribution is 2.31. The number of nitrogens with one attached hydrogen (secondary N) is 3. The fourth-order valence-electron chi connectivity index (χ4n) is 3.82. The van der Waals surface area contributed by atoms with Gasteiger partial charge in [-0.1, -0.05) is 12.6 Å². The number of thiazole rings is 1. The zero-order chi connectivity index (χ0) is 22.8. The van der Waals surface area contributed by atoms with E-state index in [1.54, 1.807) is 23.5 Å². The molecule has 0 unspecified atom stereocenters. The van der Waals surface area contributed by atoms with E-state index < -0.39 is 11.6 Å². The lowest BCUT2D eigenvalue weighted by atomic mass is 10.1. The molecular formula is C23H23F2N7S. The zero-order valence-corrected chi connectivity index (χ0v) is 18.6. The fourth-order valence-corrected chi connectivity index (χ4v) is 4.61. The van der Waals surface area contributed by atoms with Gasteiger partial charge in [0, 0.05) is 50.5 Å².